The predicted octanol–water partition coefficient (Wildman–Crippen LogP) is 9.45. The minimum Gasteiger partial charge on any atom is -0.455 e. The van der Waals surface area contributed by atoms with Crippen molar-refractivity contribution in [3.63, 3.8) is 0 Å². The van der Waals surface area contributed by atoms with E-state index < -0.39 is 61.1 Å². The number of nitro benzene ring substituents is 1. The van der Waals surface area contributed by atoms with E-state index in [1.54, 1.807) is 41.4 Å². The van der Waals surface area contributed by atoms with Crippen LogP contribution < -0.4 is 25.0 Å². The number of fused-ring (bicyclic) bond motifs is 2. The highest BCUT2D eigenvalue weighted by Gasteiger charge is 2.46. The van der Waals surface area contributed by atoms with Gasteiger partial charge in [0.05, 0.1) is 32.7 Å². The summed E-state index contributed by atoms with van der Waals surface area (Å²) in [5, 5.41) is 19.3. The first-order valence-corrected chi connectivity index (χ1v) is 31.7. The number of nitrogens with one attached hydrogen (secondary N) is 4. The first-order valence-electron chi connectivity index (χ1n) is 28.8. The molecule has 3 fully saturated rings. The standard InChI is InChI=1S/C62H65ClN10O11S2/c1-62(2)22-20-41(48(33-62)39-10-12-42(63)13-11-39)37-69-25-27-70(28-26-69)43-14-16-46(52(31-43)84-44-30-40-21-23-64-57(40)66-35-44)58(76)68-86(82,83)45-15-17-49(51(32-45)73(80)81)65-34-38-6-4-24-71(36-38)55(75)9-5-29-85-53-8-3-7-47-56(53)61(79)72(60(47)78)50-18-19-54(74)67-59(50)77/h3,7-8,10-17,21,23,30-32,35,38,50,65H,4-6,9,18-20,22,24-29,33-34,36-37H2,1-2H3,(H,64,66)(H,68,76)(H,67,74,77). The summed E-state index contributed by atoms with van der Waals surface area (Å²) in [7, 11) is -4.69. The molecule has 4 aliphatic heterocycles. The molecule has 3 saturated heterocycles. The van der Waals surface area contributed by atoms with Crippen LogP contribution in [0.2, 0.25) is 5.02 Å². The van der Waals surface area contributed by atoms with Crippen molar-refractivity contribution < 1.29 is 46.8 Å². The zero-order valence-electron chi connectivity index (χ0n) is 47.6. The minimum absolute atomic E-state index is 0.0128. The number of nitrogens with zero attached hydrogens (tertiary/aromatic N) is 6. The molecule has 0 saturated carbocycles. The van der Waals surface area contributed by atoms with Crippen molar-refractivity contribution in [3.05, 3.63) is 146 Å². The maximum Gasteiger partial charge on any atom is 0.293 e. The van der Waals surface area contributed by atoms with Crippen molar-refractivity contribution >= 4 is 102 Å². The smallest absolute Gasteiger partial charge is 0.293 e. The average molecular weight is 1230 g/mol. The number of amides is 6. The highest BCUT2D eigenvalue weighted by molar-refractivity contribution is 7.99. The number of aromatic nitrogens is 2. The summed E-state index contributed by atoms with van der Waals surface area (Å²) in [6.45, 7) is 9.58. The number of carbonyl (C=O) groups excluding carboxylic acids is 6. The number of allylic oxidation sites excluding steroid dienone is 1. The number of pyridine rings is 1. The number of hydrogen-bond donors (Lipinski definition) is 4. The van der Waals surface area contributed by atoms with Crippen LogP contribution in [0.1, 0.15) is 108 Å². The van der Waals surface area contributed by atoms with E-state index in [1.807, 2.05) is 18.2 Å². The van der Waals surface area contributed by atoms with E-state index in [9.17, 15) is 47.3 Å². The second-order valence-electron chi connectivity index (χ2n) is 23.2. The highest BCUT2D eigenvalue weighted by Crippen LogP contribution is 2.44. The zero-order valence-corrected chi connectivity index (χ0v) is 50.0. The molecule has 6 amide bonds. The van der Waals surface area contributed by atoms with E-state index >= 15 is 0 Å². The van der Waals surface area contributed by atoms with Crippen LogP contribution in [-0.4, -0.2) is 138 Å². The van der Waals surface area contributed by atoms with Crippen molar-refractivity contribution in [3.8, 4) is 11.5 Å². The van der Waals surface area contributed by atoms with Crippen LogP contribution in [0.5, 0.6) is 11.5 Å². The summed E-state index contributed by atoms with van der Waals surface area (Å²) in [4.78, 5) is 105. The molecule has 0 radical (unpaired) electrons. The van der Waals surface area contributed by atoms with Gasteiger partial charge in [-0.3, -0.25) is 54.0 Å². The van der Waals surface area contributed by atoms with Gasteiger partial charge >= 0.3 is 0 Å². The Morgan fingerprint density at radius 1 is 0.930 bits per heavy atom. The summed E-state index contributed by atoms with van der Waals surface area (Å²) in [5.41, 5.74) is 5.45. The zero-order chi connectivity index (χ0) is 60.4. The number of carbonyl (C=O) groups is 6. The molecule has 1 aliphatic carbocycles. The van der Waals surface area contributed by atoms with Gasteiger partial charge in [-0.25, -0.2) is 18.1 Å². The molecule has 5 aliphatic rings. The van der Waals surface area contributed by atoms with Crippen molar-refractivity contribution in [2.24, 2.45) is 11.3 Å². The molecule has 6 aromatic rings. The lowest BCUT2D eigenvalue weighted by atomic mass is 9.72. The fourth-order valence-corrected chi connectivity index (χ4v) is 14.2. The topological polar surface area (TPSA) is 267 Å². The number of thioether (sulfide) groups is 1. The quantitative estimate of drug-likeness (QED) is 0.0193. The first kappa shape index (κ1) is 59.6. The summed E-state index contributed by atoms with van der Waals surface area (Å²) in [6.07, 6.45) is 8.50. The predicted molar refractivity (Wildman–Crippen MR) is 326 cm³/mol. The molecule has 24 heteroatoms. The van der Waals surface area contributed by atoms with Gasteiger partial charge in [0.1, 0.15) is 28.9 Å². The summed E-state index contributed by atoms with van der Waals surface area (Å²) in [5.74, 6) is -2.67. The lowest BCUT2D eigenvalue weighted by Gasteiger charge is -2.39. The second-order valence-corrected chi connectivity index (χ2v) is 26.5. The minimum atomic E-state index is -4.69. The molecule has 6 heterocycles. The van der Waals surface area contributed by atoms with E-state index in [1.165, 1.54) is 58.9 Å². The first-order chi connectivity index (χ1) is 41.3. The molecule has 0 spiro atoms. The molecule has 2 aromatic heterocycles. The Morgan fingerprint density at radius 3 is 2.51 bits per heavy atom. The molecular formula is C62H65ClN10O11S2. The van der Waals surface area contributed by atoms with Gasteiger partial charge in [-0.2, -0.15) is 0 Å². The molecule has 2 atom stereocenters. The van der Waals surface area contributed by atoms with Gasteiger partial charge in [0.25, 0.3) is 33.4 Å². The van der Waals surface area contributed by atoms with Crippen molar-refractivity contribution in [2.75, 3.05) is 68.3 Å². The second kappa shape index (κ2) is 25.1. The number of likely N-dealkylation sites (tertiary alicyclic amines) is 1. The SMILES string of the molecule is CC1(C)CCC(CN2CCN(c3ccc(C(=O)NS(=O)(=O)c4ccc(NCC5CCCN(C(=O)CCCSc6cccc7c6C(=O)N(C6CCC(=O)NC6=O)C7=O)C5)c([N+](=O)[O-])c4)c(Oc4cnc5[nH]ccc5c4)c3)CC2)=C(c2ccc(Cl)cc2)C1. The Bertz CT molecular complexity index is 3850. The molecule has 11 rings (SSSR count). The fraction of sp³-hybridized carbons (Fsp3) is 0.371. The number of H-pyrrole nitrogens is 1. The third kappa shape index (κ3) is 13.1. The summed E-state index contributed by atoms with van der Waals surface area (Å²) >= 11 is 7.60. The fourth-order valence-electron chi connectivity index (χ4n) is 12.1. The van der Waals surface area contributed by atoms with Crippen molar-refractivity contribution in [2.45, 2.75) is 87.5 Å². The summed E-state index contributed by atoms with van der Waals surface area (Å²) < 4.78 is 36.5. The summed E-state index contributed by atoms with van der Waals surface area (Å²) in [6, 6.07) is 23.9. The number of ether oxygens (including phenoxy) is 1. The lowest BCUT2D eigenvalue weighted by molar-refractivity contribution is -0.384. The van der Waals surface area contributed by atoms with Crippen LogP contribution in [0, 0.1) is 21.4 Å². The number of aromatic amines is 1. The number of benzene rings is 4. The van der Waals surface area contributed by atoms with Gasteiger partial charge in [-0.05, 0) is 134 Å². The van der Waals surface area contributed by atoms with E-state index in [0.29, 0.717) is 66.1 Å². The molecule has 448 valence electrons. The molecule has 0 bridgehead atoms. The van der Waals surface area contributed by atoms with Gasteiger partial charge in [0, 0.05) is 105 Å². The number of halogens is 1. The number of piperazine rings is 1. The lowest BCUT2D eigenvalue weighted by Crippen LogP contribution is -2.54. The van der Waals surface area contributed by atoms with Crippen LogP contribution in [0.3, 0.4) is 0 Å². The molecule has 4 aromatic carbocycles. The van der Waals surface area contributed by atoms with Crippen molar-refractivity contribution in [1.29, 1.82) is 0 Å². The van der Waals surface area contributed by atoms with Crippen LogP contribution in [0.25, 0.3) is 16.6 Å². The van der Waals surface area contributed by atoms with Gasteiger partial charge in [0.15, 0.2) is 0 Å². The number of piperidine rings is 2. The van der Waals surface area contributed by atoms with Crippen LogP contribution in [0.15, 0.2) is 119 Å². The van der Waals surface area contributed by atoms with Gasteiger partial charge in [0.2, 0.25) is 17.7 Å². The number of hydrogen-bond acceptors (Lipinski definition) is 16. The Hall–Kier alpha value is -8.12. The van der Waals surface area contributed by atoms with Gasteiger partial charge in [-0.15, -0.1) is 11.8 Å². The largest absolute Gasteiger partial charge is 0.455 e. The Balaban J connectivity index is 0.708. The Morgan fingerprint density at radius 2 is 1.73 bits per heavy atom. The van der Waals surface area contributed by atoms with Gasteiger partial charge in [-0.1, -0.05) is 49.2 Å². The number of imide groups is 2. The maximum atomic E-state index is 14.2. The number of sulfonamides is 1. The van der Waals surface area contributed by atoms with E-state index in [4.69, 9.17) is 16.3 Å². The Kier molecular flexibility index (Phi) is 17.4. The molecular weight excluding hydrogens is 1160 g/mol. The van der Waals surface area contributed by atoms with E-state index in [2.05, 4.69) is 61.1 Å². The van der Waals surface area contributed by atoms with E-state index in [-0.39, 0.29) is 71.2 Å². The van der Waals surface area contributed by atoms with Gasteiger partial charge < -0.3 is 24.8 Å². The monoisotopic (exact) mass is 1220 g/mol. The molecule has 2 unspecified atom stereocenters. The van der Waals surface area contributed by atoms with E-state index in [0.717, 1.165) is 67.4 Å². The molecule has 86 heavy (non-hydrogen) atoms. The van der Waals surface area contributed by atoms with Crippen LogP contribution in [-0.2, 0) is 24.4 Å². The molecule has 21 nitrogen and oxygen atoms in total. The number of rotatable bonds is 19. The third-order valence-corrected chi connectivity index (χ3v) is 19.4. The Labute approximate surface area is 506 Å². The number of anilines is 2. The highest BCUT2D eigenvalue weighted by atomic mass is 35.5. The molecule has 4 N–H and O–H groups in total. The van der Waals surface area contributed by atoms with Crippen molar-refractivity contribution in [1.82, 2.24) is 34.7 Å². The third-order valence-electron chi connectivity index (χ3n) is 16.7. The van der Waals surface area contributed by atoms with Crippen LogP contribution in [0.4, 0.5) is 17.1 Å². The average Bonchev–Trinajstić information content (AvgIpc) is 1.84. The maximum absolute atomic E-state index is 14.2. The van der Waals surface area contributed by atoms with Crippen LogP contribution >= 0.6 is 23.4 Å². The normalized spacial score (nSPS) is 19.2. The number of nitro groups is 1.